The molecule has 1 aliphatic rings. The smallest absolute Gasteiger partial charge is 0.334 e. The van der Waals surface area contributed by atoms with Gasteiger partial charge in [0.25, 0.3) is 0 Å². The summed E-state index contributed by atoms with van der Waals surface area (Å²) in [5.41, 5.74) is 2.64. The summed E-state index contributed by atoms with van der Waals surface area (Å²) in [6.07, 6.45) is -3.65. The zero-order valence-electron chi connectivity index (χ0n) is 23.5. The Morgan fingerprint density at radius 1 is 1.05 bits per heavy atom. The quantitative estimate of drug-likeness (QED) is 0.174. The van der Waals surface area contributed by atoms with Crippen LogP contribution in [0, 0.1) is 0 Å². The van der Waals surface area contributed by atoms with Crippen LogP contribution < -0.4 is 10.1 Å². The zero-order valence-corrected chi connectivity index (χ0v) is 23.5. The largest absolute Gasteiger partial charge is 0.504 e. The van der Waals surface area contributed by atoms with Gasteiger partial charge in [0, 0.05) is 19.1 Å². The monoisotopic (exact) mass is 573 g/mol. The molecule has 3 rings (SSSR count). The number of phenolic OH excluding ortho intramolecular Hbond substituents is 1. The van der Waals surface area contributed by atoms with E-state index in [1.807, 2.05) is 24.3 Å². The number of esters is 2. The van der Waals surface area contributed by atoms with Crippen LogP contribution >= 0.6 is 0 Å². The Kier molecular flexibility index (Phi) is 12.1. The van der Waals surface area contributed by atoms with Crippen LogP contribution in [0.1, 0.15) is 36.5 Å². The molecule has 224 valence electrons. The third kappa shape index (κ3) is 9.00. The number of hydrogen-bond donors (Lipinski definition) is 5. The van der Waals surface area contributed by atoms with Crippen molar-refractivity contribution in [1.82, 2.24) is 5.32 Å². The van der Waals surface area contributed by atoms with E-state index in [0.717, 1.165) is 18.1 Å². The standard InChI is InChI=1S/C30H39NO10/c1-18(33)39-27-26(35)24(11-13-31-2)40-30(37)28(27)41-29(36)22(16-21-8-10-23(34)25(17-21)38-3)9-7-19-5-4-6-20(15-19)12-14-32/h4-6,8,10,15-17,24,26-28,30-32,34-35,37H,7,9,11-14H2,1-3H3/t24-,26-,27-,28+,30+/m0/s1. The predicted molar refractivity (Wildman–Crippen MR) is 149 cm³/mol. The molecule has 0 saturated carbocycles. The fourth-order valence-corrected chi connectivity index (χ4v) is 4.65. The van der Waals surface area contributed by atoms with Gasteiger partial charge in [0.1, 0.15) is 6.10 Å². The van der Waals surface area contributed by atoms with E-state index >= 15 is 0 Å². The maximum atomic E-state index is 13.6. The molecule has 5 N–H and O–H groups in total. The molecule has 0 amide bonds. The second-order valence-corrected chi connectivity index (χ2v) is 9.79. The number of benzene rings is 2. The predicted octanol–water partition coefficient (Wildman–Crippen LogP) is 1.48. The van der Waals surface area contributed by atoms with E-state index in [0.29, 0.717) is 31.4 Å². The van der Waals surface area contributed by atoms with E-state index in [-0.39, 0.29) is 30.1 Å². The number of ether oxygens (including phenoxy) is 4. The van der Waals surface area contributed by atoms with Gasteiger partial charge in [0.05, 0.1) is 13.2 Å². The van der Waals surface area contributed by atoms with E-state index in [1.54, 1.807) is 25.3 Å². The van der Waals surface area contributed by atoms with Crippen molar-refractivity contribution in [3.8, 4) is 11.5 Å². The maximum absolute atomic E-state index is 13.6. The first-order chi connectivity index (χ1) is 19.7. The second-order valence-electron chi connectivity index (χ2n) is 9.79. The molecule has 0 spiro atoms. The van der Waals surface area contributed by atoms with Crippen molar-refractivity contribution in [1.29, 1.82) is 0 Å². The van der Waals surface area contributed by atoms with E-state index in [2.05, 4.69) is 5.32 Å². The molecular weight excluding hydrogens is 534 g/mol. The molecule has 11 heteroatoms. The topological polar surface area (TPSA) is 164 Å². The lowest BCUT2D eigenvalue weighted by Gasteiger charge is -2.41. The lowest BCUT2D eigenvalue weighted by atomic mass is 9.96. The highest BCUT2D eigenvalue weighted by Crippen LogP contribution is 2.30. The molecule has 1 saturated heterocycles. The van der Waals surface area contributed by atoms with E-state index in [1.165, 1.54) is 13.2 Å². The number of carbonyl (C=O) groups is 2. The summed E-state index contributed by atoms with van der Waals surface area (Å²) in [5.74, 6) is -1.38. The number of aliphatic hydroxyl groups is 3. The molecule has 0 unspecified atom stereocenters. The van der Waals surface area contributed by atoms with Crippen molar-refractivity contribution in [2.24, 2.45) is 0 Å². The SMILES string of the molecule is CNCC[C@@H]1O[C@@H](O)[C@H](OC(=O)C(=Cc2ccc(O)c(OC)c2)CCc2cccc(CCO)c2)[C@@H](OC(C)=O)[C@H]1O. The first-order valence-corrected chi connectivity index (χ1v) is 13.5. The summed E-state index contributed by atoms with van der Waals surface area (Å²) in [6.45, 7) is 1.64. The summed E-state index contributed by atoms with van der Waals surface area (Å²) in [6, 6.07) is 12.2. The Labute approximate surface area is 239 Å². The molecule has 0 aliphatic carbocycles. The van der Waals surface area contributed by atoms with Crippen LogP contribution in [-0.4, -0.2) is 90.4 Å². The minimum atomic E-state index is -1.65. The fraction of sp³-hybridized carbons (Fsp3) is 0.467. The summed E-state index contributed by atoms with van der Waals surface area (Å²) in [7, 11) is 3.13. The Hall–Kier alpha value is -3.48. The number of carbonyl (C=O) groups excluding carboxylic acids is 2. The summed E-state index contributed by atoms with van der Waals surface area (Å²) in [5, 5.41) is 43.8. The molecule has 1 aliphatic heterocycles. The lowest BCUT2D eigenvalue weighted by Crippen LogP contribution is -2.60. The van der Waals surface area contributed by atoms with Crippen molar-refractivity contribution >= 4 is 18.0 Å². The van der Waals surface area contributed by atoms with Crippen LogP contribution in [0.2, 0.25) is 0 Å². The Morgan fingerprint density at radius 3 is 2.44 bits per heavy atom. The Bertz CT molecular complexity index is 1200. The minimum absolute atomic E-state index is 0.0145. The van der Waals surface area contributed by atoms with Crippen LogP contribution in [0.5, 0.6) is 11.5 Å². The van der Waals surface area contributed by atoms with E-state index in [9.17, 15) is 30.0 Å². The number of rotatable bonds is 13. The van der Waals surface area contributed by atoms with Crippen LogP contribution in [0.3, 0.4) is 0 Å². The van der Waals surface area contributed by atoms with Crippen molar-refractivity contribution < 1.29 is 49.0 Å². The van der Waals surface area contributed by atoms with Crippen molar-refractivity contribution in [3.05, 3.63) is 64.7 Å². The average Bonchev–Trinajstić information content (AvgIpc) is 2.94. The van der Waals surface area contributed by atoms with Crippen molar-refractivity contribution in [2.75, 3.05) is 27.3 Å². The number of aromatic hydroxyl groups is 1. The van der Waals surface area contributed by atoms with Gasteiger partial charge in [-0.15, -0.1) is 0 Å². The molecule has 11 nitrogen and oxygen atoms in total. The van der Waals surface area contributed by atoms with Gasteiger partial charge in [0.15, 0.2) is 30.0 Å². The average molecular weight is 574 g/mol. The van der Waals surface area contributed by atoms with Gasteiger partial charge in [-0.2, -0.15) is 0 Å². The molecule has 2 aromatic rings. The fourth-order valence-electron chi connectivity index (χ4n) is 4.65. The number of nitrogens with one attached hydrogen (secondary N) is 1. The second kappa shape index (κ2) is 15.5. The first-order valence-electron chi connectivity index (χ1n) is 13.5. The molecule has 0 radical (unpaired) electrons. The summed E-state index contributed by atoms with van der Waals surface area (Å²) in [4.78, 5) is 25.4. The molecule has 0 bridgehead atoms. The van der Waals surface area contributed by atoms with Crippen LogP contribution in [0.4, 0.5) is 0 Å². The number of methoxy groups -OCH3 is 1. The molecule has 1 fully saturated rings. The van der Waals surface area contributed by atoms with Gasteiger partial charge in [0.2, 0.25) is 0 Å². The third-order valence-electron chi connectivity index (χ3n) is 6.74. The van der Waals surface area contributed by atoms with Crippen LogP contribution in [0.25, 0.3) is 6.08 Å². The number of aryl methyl sites for hydroxylation is 1. The van der Waals surface area contributed by atoms with Gasteiger partial charge in [-0.3, -0.25) is 4.79 Å². The van der Waals surface area contributed by atoms with Crippen LogP contribution in [0.15, 0.2) is 48.0 Å². The third-order valence-corrected chi connectivity index (χ3v) is 6.74. The minimum Gasteiger partial charge on any atom is -0.504 e. The molecule has 5 atom stereocenters. The van der Waals surface area contributed by atoms with Gasteiger partial charge in [-0.1, -0.05) is 30.3 Å². The molecule has 0 aromatic heterocycles. The molecule has 2 aromatic carbocycles. The first kappa shape index (κ1) is 32.0. The van der Waals surface area contributed by atoms with Gasteiger partial charge >= 0.3 is 11.9 Å². The molecule has 1 heterocycles. The normalized spacial score (nSPS) is 22.7. The van der Waals surface area contributed by atoms with Gasteiger partial charge < -0.3 is 44.7 Å². The molecular formula is C30H39NO10. The van der Waals surface area contributed by atoms with E-state index in [4.69, 9.17) is 18.9 Å². The summed E-state index contributed by atoms with van der Waals surface area (Å²) < 4.78 is 21.7. The highest BCUT2D eigenvalue weighted by molar-refractivity contribution is 5.94. The van der Waals surface area contributed by atoms with E-state index < -0.39 is 42.6 Å². The number of phenols is 1. The summed E-state index contributed by atoms with van der Waals surface area (Å²) >= 11 is 0. The zero-order chi connectivity index (χ0) is 29.9. The Balaban J connectivity index is 1.89. The van der Waals surface area contributed by atoms with Crippen LogP contribution in [-0.2, 0) is 36.6 Å². The van der Waals surface area contributed by atoms with Crippen molar-refractivity contribution in [3.63, 3.8) is 0 Å². The number of hydrogen-bond acceptors (Lipinski definition) is 11. The Morgan fingerprint density at radius 2 is 1.78 bits per heavy atom. The molecule has 41 heavy (non-hydrogen) atoms. The van der Waals surface area contributed by atoms with Crippen molar-refractivity contribution in [2.45, 2.75) is 63.3 Å². The highest BCUT2D eigenvalue weighted by Gasteiger charge is 2.49. The van der Waals surface area contributed by atoms with Gasteiger partial charge in [-0.25, -0.2) is 4.79 Å². The van der Waals surface area contributed by atoms with Gasteiger partial charge in [-0.05, 0) is 74.2 Å². The maximum Gasteiger partial charge on any atom is 0.334 e. The number of aliphatic hydroxyl groups excluding tert-OH is 3. The lowest BCUT2D eigenvalue weighted by molar-refractivity contribution is -0.289. The highest BCUT2D eigenvalue weighted by atomic mass is 16.7.